The van der Waals surface area contributed by atoms with Crippen LogP contribution in [0.3, 0.4) is 0 Å². The number of nitrogens with two attached hydrogens (primary N) is 1. The Labute approximate surface area is 83.5 Å². The summed E-state index contributed by atoms with van der Waals surface area (Å²) in [6, 6.07) is 5.29. The molecule has 0 aliphatic rings. The summed E-state index contributed by atoms with van der Waals surface area (Å²) < 4.78 is 5.11. The van der Waals surface area contributed by atoms with E-state index >= 15 is 0 Å². The molecule has 0 heterocycles. The van der Waals surface area contributed by atoms with Gasteiger partial charge in [0.1, 0.15) is 5.75 Å². The molecule has 0 spiro atoms. The average molecular weight is 191 g/mol. The minimum absolute atomic E-state index is 0.0671. The van der Waals surface area contributed by atoms with Gasteiger partial charge >= 0.3 is 0 Å². The molecule has 74 valence electrons. The van der Waals surface area contributed by atoms with Crippen molar-refractivity contribution < 1.29 is 9.84 Å². The minimum Gasteiger partial charge on any atom is -0.495 e. The van der Waals surface area contributed by atoms with Gasteiger partial charge in [0.25, 0.3) is 0 Å². The van der Waals surface area contributed by atoms with Gasteiger partial charge < -0.3 is 15.6 Å². The summed E-state index contributed by atoms with van der Waals surface area (Å²) in [6.45, 7) is 0.0671. The van der Waals surface area contributed by atoms with Gasteiger partial charge in [-0.2, -0.15) is 0 Å². The molecule has 0 radical (unpaired) electrons. The fourth-order valence-corrected chi connectivity index (χ4v) is 1.04. The van der Waals surface area contributed by atoms with Gasteiger partial charge in [-0.1, -0.05) is 11.8 Å². The Bertz CT molecular complexity index is 363. The Kier molecular flexibility index (Phi) is 3.84. The Hall–Kier alpha value is -1.66. The smallest absolute Gasteiger partial charge is 0.134 e. The summed E-state index contributed by atoms with van der Waals surface area (Å²) in [5.74, 6) is 6.41. The lowest BCUT2D eigenvalue weighted by Gasteiger charge is -2.03. The lowest BCUT2D eigenvalue weighted by atomic mass is 10.2. The van der Waals surface area contributed by atoms with Crippen LogP contribution in [-0.4, -0.2) is 18.8 Å². The Morgan fingerprint density at radius 1 is 1.50 bits per heavy atom. The van der Waals surface area contributed by atoms with E-state index in [2.05, 4.69) is 11.8 Å². The summed E-state index contributed by atoms with van der Waals surface area (Å²) in [5.41, 5.74) is 7.02. The molecule has 14 heavy (non-hydrogen) atoms. The van der Waals surface area contributed by atoms with Gasteiger partial charge in [-0.3, -0.25) is 0 Å². The van der Waals surface area contributed by atoms with Crippen LogP contribution in [0, 0.1) is 11.8 Å². The first-order valence-electron chi connectivity index (χ1n) is 4.31. The molecule has 0 aromatic heterocycles. The number of aliphatic hydroxyl groups is 1. The predicted molar refractivity (Wildman–Crippen MR) is 56.0 cm³/mol. The van der Waals surface area contributed by atoms with E-state index in [0.29, 0.717) is 17.9 Å². The minimum atomic E-state index is 0.0671. The van der Waals surface area contributed by atoms with Crippen molar-refractivity contribution in [1.82, 2.24) is 0 Å². The topological polar surface area (TPSA) is 55.5 Å². The number of hydrogen-bond acceptors (Lipinski definition) is 3. The van der Waals surface area contributed by atoms with Crippen LogP contribution < -0.4 is 10.5 Å². The van der Waals surface area contributed by atoms with Crippen LogP contribution >= 0.6 is 0 Å². The second-order valence-electron chi connectivity index (χ2n) is 2.74. The molecular weight excluding hydrogens is 178 g/mol. The normalized spacial score (nSPS) is 9.00. The average Bonchev–Trinajstić information content (AvgIpc) is 2.19. The molecule has 0 aliphatic heterocycles. The van der Waals surface area contributed by atoms with Crippen molar-refractivity contribution in [2.75, 3.05) is 19.5 Å². The van der Waals surface area contributed by atoms with Crippen LogP contribution in [-0.2, 0) is 0 Å². The van der Waals surface area contributed by atoms with E-state index in [0.717, 1.165) is 5.56 Å². The molecule has 1 aromatic carbocycles. The number of methoxy groups -OCH3 is 1. The van der Waals surface area contributed by atoms with Crippen LogP contribution in [0.2, 0.25) is 0 Å². The monoisotopic (exact) mass is 191 g/mol. The number of rotatable bonds is 2. The van der Waals surface area contributed by atoms with E-state index in [1.807, 2.05) is 0 Å². The highest BCUT2D eigenvalue weighted by molar-refractivity contribution is 5.54. The molecule has 0 aliphatic carbocycles. The third-order valence-electron chi connectivity index (χ3n) is 1.68. The Morgan fingerprint density at radius 3 is 2.93 bits per heavy atom. The lowest BCUT2D eigenvalue weighted by Crippen LogP contribution is -1.91. The SMILES string of the molecule is COc1ccc(N)cc1C#CCCO. The van der Waals surface area contributed by atoms with E-state index in [-0.39, 0.29) is 6.61 Å². The molecule has 0 fully saturated rings. The molecule has 1 aromatic rings. The van der Waals surface area contributed by atoms with Gasteiger partial charge in [0, 0.05) is 12.1 Å². The highest BCUT2D eigenvalue weighted by atomic mass is 16.5. The van der Waals surface area contributed by atoms with Gasteiger partial charge in [-0.25, -0.2) is 0 Å². The number of anilines is 1. The molecule has 0 amide bonds. The van der Waals surface area contributed by atoms with E-state index in [9.17, 15) is 0 Å². The maximum atomic E-state index is 8.57. The Balaban J connectivity index is 2.94. The maximum Gasteiger partial charge on any atom is 0.134 e. The van der Waals surface area contributed by atoms with Crippen LogP contribution in [0.1, 0.15) is 12.0 Å². The zero-order valence-electron chi connectivity index (χ0n) is 8.08. The highest BCUT2D eigenvalue weighted by Gasteiger charge is 1.98. The summed E-state index contributed by atoms with van der Waals surface area (Å²) in [4.78, 5) is 0. The van der Waals surface area contributed by atoms with Crippen molar-refractivity contribution in [3.63, 3.8) is 0 Å². The summed E-state index contributed by atoms with van der Waals surface area (Å²) in [7, 11) is 1.59. The van der Waals surface area contributed by atoms with E-state index in [4.69, 9.17) is 15.6 Å². The Morgan fingerprint density at radius 2 is 2.29 bits per heavy atom. The van der Waals surface area contributed by atoms with Crippen LogP contribution in [0.15, 0.2) is 18.2 Å². The molecular formula is C11H13NO2. The van der Waals surface area contributed by atoms with Crippen molar-refractivity contribution in [2.24, 2.45) is 0 Å². The second-order valence-corrected chi connectivity index (χ2v) is 2.74. The third-order valence-corrected chi connectivity index (χ3v) is 1.68. The molecule has 3 N–H and O–H groups in total. The number of ether oxygens (including phenoxy) is 1. The molecule has 3 nitrogen and oxygen atoms in total. The number of hydrogen-bond donors (Lipinski definition) is 2. The number of aliphatic hydroxyl groups excluding tert-OH is 1. The first-order chi connectivity index (χ1) is 6.77. The van der Waals surface area contributed by atoms with E-state index in [1.165, 1.54) is 0 Å². The van der Waals surface area contributed by atoms with Gasteiger partial charge in [0.05, 0.1) is 19.3 Å². The standard InChI is InChI=1S/C11H13NO2/c1-14-11-6-5-10(12)8-9(11)4-2-3-7-13/h5-6,8,13H,3,7,12H2,1H3. The van der Waals surface area contributed by atoms with Gasteiger partial charge in [-0.15, -0.1) is 0 Å². The fourth-order valence-electron chi connectivity index (χ4n) is 1.04. The molecule has 0 atom stereocenters. The first-order valence-corrected chi connectivity index (χ1v) is 4.31. The van der Waals surface area contributed by atoms with E-state index in [1.54, 1.807) is 25.3 Å². The molecule has 0 saturated carbocycles. The third kappa shape index (κ3) is 2.68. The zero-order valence-corrected chi connectivity index (χ0v) is 8.08. The van der Waals surface area contributed by atoms with Crippen LogP contribution in [0.25, 0.3) is 0 Å². The molecule has 0 unspecified atom stereocenters. The summed E-state index contributed by atoms with van der Waals surface area (Å²) in [6.07, 6.45) is 0.456. The molecule has 1 rings (SSSR count). The maximum absolute atomic E-state index is 8.57. The molecule has 0 bridgehead atoms. The largest absolute Gasteiger partial charge is 0.495 e. The van der Waals surface area contributed by atoms with Crippen molar-refractivity contribution in [2.45, 2.75) is 6.42 Å². The van der Waals surface area contributed by atoms with Crippen LogP contribution in [0.4, 0.5) is 5.69 Å². The summed E-state index contributed by atoms with van der Waals surface area (Å²) >= 11 is 0. The van der Waals surface area contributed by atoms with Gasteiger partial charge in [0.15, 0.2) is 0 Å². The van der Waals surface area contributed by atoms with E-state index < -0.39 is 0 Å². The van der Waals surface area contributed by atoms with Crippen molar-refractivity contribution >= 4 is 5.69 Å². The van der Waals surface area contributed by atoms with Crippen LogP contribution in [0.5, 0.6) is 5.75 Å². The van der Waals surface area contributed by atoms with Gasteiger partial charge in [-0.05, 0) is 18.2 Å². The van der Waals surface area contributed by atoms with Gasteiger partial charge in [0.2, 0.25) is 0 Å². The highest BCUT2D eigenvalue weighted by Crippen LogP contribution is 2.19. The zero-order chi connectivity index (χ0) is 10.4. The number of nitrogen functional groups attached to an aromatic ring is 1. The fraction of sp³-hybridized carbons (Fsp3) is 0.273. The lowest BCUT2D eigenvalue weighted by molar-refractivity contribution is 0.305. The number of benzene rings is 1. The van der Waals surface area contributed by atoms with Crippen molar-refractivity contribution in [3.8, 4) is 17.6 Å². The molecule has 3 heteroatoms. The predicted octanol–water partition coefficient (Wildman–Crippen LogP) is 1.01. The quantitative estimate of drug-likeness (QED) is 0.542. The molecule has 0 saturated heterocycles. The second kappa shape index (κ2) is 5.15. The van der Waals surface area contributed by atoms with Crippen molar-refractivity contribution in [3.05, 3.63) is 23.8 Å². The van der Waals surface area contributed by atoms with Crippen molar-refractivity contribution in [1.29, 1.82) is 0 Å². The summed E-state index contributed by atoms with van der Waals surface area (Å²) in [5, 5.41) is 8.57. The first kappa shape index (κ1) is 10.4.